The Hall–Kier alpha value is -2.81. The van der Waals surface area contributed by atoms with Crippen molar-refractivity contribution in [1.82, 2.24) is 0 Å². The van der Waals surface area contributed by atoms with Crippen molar-refractivity contribution >= 4 is 39.5 Å². The summed E-state index contributed by atoms with van der Waals surface area (Å²) in [6.45, 7) is 5.32. The number of carbonyl (C=O) groups is 3. The van der Waals surface area contributed by atoms with Gasteiger partial charge in [-0.25, -0.2) is 14.4 Å². The first-order valence-electron chi connectivity index (χ1n) is 9.64. The molecule has 1 aromatic rings. The van der Waals surface area contributed by atoms with Gasteiger partial charge in [-0.1, -0.05) is 29.3 Å². The zero-order chi connectivity index (χ0) is 22.1. The van der Waals surface area contributed by atoms with E-state index in [1.165, 1.54) is 6.92 Å². The lowest BCUT2D eigenvalue weighted by molar-refractivity contribution is -0.147. The molecule has 160 valence electrons. The van der Waals surface area contributed by atoms with Crippen LogP contribution in [0.3, 0.4) is 0 Å². The molecule has 1 atom stereocenters. The van der Waals surface area contributed by atoms with Gasteiger partial charge in [0, 0.05) is 15.7 Å². The second-order valence-corrected chi connectivity index (χ2v) is 7.80. The van der Waals surface area contributed by atoms with Crippen LogP contribution in [0.15, 0.2) is 45.4 Å². The summed E-state index contributed by atoms with van der Waals surface area (Å²) >= 11 is 3.39. The van der Waals surface area contributed by atoms with Crippen LogP contribution in [0.25, 0.3) is 0 Å². The highest BCUT2D eigenvalue weighted by Gasteiger charge is 2.62. The number of halogens is 1. The Morgan fingerprint density at radius 1 is 1.20 bits per heavy atom. The van der Waals surface area contributed by atoms with E-state index in [1.54, 1.807) is 25.1 Å². The van der Waals surface area contributed by atoms with Crippen LogP contribution in [-0.4, -0.2) is 31.1 Å². The molecule has 8 nitrogen and oxygen atoms in total. The summed E-state index contributed by atoms with van der Waals surface area (Å²) in [5.41, 5.74) is 4.86. The quantitative estimate of drug-likeness (QED) is 0.364. The largest absolute Gasteiger partial charge is 0.462 e. The van der Waals surface area contributed by atoms with Crippen molar-refractivity contribution in [3.8, 4) is 0 Å². The smallest absolute Gasteiger partial charge is 0.339 e. The van der Waals surface area contributed by atoms with Crippen molar-refractivity contribution in [3.63, 3.8) is 0 Å². The fourth-order valence-corrected chi connectivity index (χ4v) is 4.09. The third-order valence-corrected chi connectivity index (χ3v) is 5.49. The van der Waals surface area contributed by atoms with Crippen LogP contribution < -0.4 is 11.1 Å². The van der Waals surface area contributed by atoms with E-state index >= 15 is 0 Å². The van der Waals surface area contributed by atoms with Gasteiger partial charge in [0.05, 0.1) is 13.2 Å². The lowest BCUT2D eigenvalue weighted by atomic mass is 9.67. The van der Waals surface area contributed by atoms with E-state index in [4.69, 9.17) is 19.9 Å². The van der Waals surface area contributed by atoms with Crippen LogP contribution in [0.1, 0.15) is 39.2 Å². The van der Waals surface area contributed by atoms with Gasteiger partial charge in [-0.2, -0.15) is 0 Å². The number of benzene rings is 1. The highest BCUT2D eigenvalue weighted by molar-refractivity contribution is 9.10. The number of hydrogen-bond donors (Lipinski definition) is 2. The number of allylic oxidation sites excluding steroid dienone is 1. The molecule has 1 unspecified atom stereocenters. The number of esters is 3. The Morgan fingerprint density at radius 2 is 1.90 bits per heavy atom. The number of fused-ring (bicyclic) bond motifs is 2. The molecule has 0 fully saturated rings. The molecule has 2 aliphatic heterocycles. The molecule has 2 aliphatic rings. The van der Waals surface area contributed by atoms with E-state index in [0.717, 1.165) is 6.42 Å². The molecule has 0 aromatic heterocycles. The number of cyclic esters (lactones) is 1. The Bertz CT molecular complexity index is 984. The highest BCUT2D eigenvalue weighted by atomic mass is 79.9. The second-order valence-electron chi connectivity index (χ2n) is 6.88. The summed E-state index contributed by atoms with van der Waals surface area (Å²) in [7, 11) is 0. The van der Waals surface area contributed by atoms with E-state index in [0.29, 0.717) is 22.1 Å². The predicted octanol–water partition coefficient (Wildman–Crippen LogP) is 3.02. The fraction of sp³-hybridized carbons (Fsp3) is 0.381. The van der Waals surface area contributed by atoms with Gasteiger partial charge in [-0.15, -0.1) is 0 Å². The van der Waals surface area contributed by atoms with Gasteiger partial charge in [0.15, 0.2) is 5.41 Å². The van der Waals surface area contributed by atoms with Gasteiger partial charge in [0.2, 0.25) is 0 Å². The Kier molecular flexibility index (Phi) is 6.21. The zero-order valence-corrected chi connectivity index (χ0v) is 18.6. The molecule has 0 aliphatic carbocycles. The molecule has 3 N–H and O–H groups in total. The molecule has 30 heavy (non-hydrogen) atoms. The van der Waals surface area contributed by atoms with Gasteiger partial charge >= 0.3 is 17.9 Å². The third-order valence-electron chi connectivity index (χ3n) is 4.99. The van der Waals surface area contributed by atoms with E-state index in [2.05, 4.69) is 21.2 Å². The van der Waals surface area contributed by atoms with Crippen LogP contribution in [-0.2, 0) is 34.0 Å². The van der Waals surface area contributed by atoms with Crippen LogP contribution in [0, 0.1) is 0 Å². The van der Waals surface area contributed by atoms with Crippen molar-refractivity contribution in [2.75, 3.05) is 18.5 Å². The van der Waals surface area contributed by atoms with Crippen LogP contribution in [0.5, 0.6) is 0 Å². The molecule has 0 amide bonds. The van der Waals surface area contributed by atoms with Gasteiger partial charge in [0.1, 0.15) is 22.7 Å². The maximum Gasteiger partial charge on any atom is 0.339 e. The number of nitrogens with two attached hydrogens (primary N) is 1. The molecule has 0 saturated heterocycles. The van der Waals surface area contributed by atoms with Gasteiger partial charge in [0.25, 0.3) is 0 Å². The molecule has 2 heterocycles. The van der Waals surface area contributed by atoms with Crippen molar-refractivity contribution in [2.45, 2.75) is 39.0 Å². The van der Waals surface area contributed by atoms with Gasteiger partial charge in [-0.05, 0) is 38.5 Å². The fourth-order valence-electron chi connectivity index (χ4n) is 3.73. The van der Waals surface area contributed by atoms with Crippen LogP contribution in [0.4, 0.5) is 5.69 Å². The first-order chi connectivity index (χ1) is 14.3. The van der Waals surface area contributed by atoms with E-state index in [1.807, 2.05) is 6.92 Å². The first kappa shape index (κ1) is 21.9. The Morgan fingerprint density at radius 3 is 2.57 bits per heavy atom. The lowest BCUT2D eigenvalue weighted by Crippen LogP contribution is -2.48. The zero-order valence-electron chi connectivity index (χ0n) is 17.0. The number of anilines is 1. The second kappa shape index (κ2) is 8.51. The van der Waals surface area contributed by atoms with Crippen molar-refractivity contribution in [1.29, 1.82) is 0 Å². The Labute approximate surface area is 182 Å². The number of rotatable bonds is 6. The standard InChI is InChI=1S/C21H23BrN2O6/c1-4-6-9-29-19(26)16-17(23)24-14-8-7-12(22)10-13(14)21(16)15(18(25)28-5-2)11(3)30-20(21)27/h7-8,10,24H,4-6,9,23H2,1-3H3. The monoisotopic (exact) mass is 478 g/mol. The summed E-state index contributed by atoms with van der Waals surface area (Å²) in [6.07, 6.45) is 1.46. The SMILES string of the molecule is CCCCOC(=O)C1=C(N)Nc2ccc(Br)cc2C12C(=O)OC(C)=C2C(=O)OCC. The number of hydrogen-bond acceptors (Lipinski definition) is 8. The van der Waals surface area contributed by atoms with Crippen molar-refractivity contribution in [3.05, 3.63) is 51.0 Å². The summed E-state index contributed by atoms with van der Waals surface area (Å²) in [5.74, 6) is -2.40. The van der Waals surface area contributed by atoms with Gasteiger partial charge in [-0.3, -0.25) is 0 Å². The maximum atomic E-state index is 13.3. The van der Waals surface area contributed by atoms with E-state index in [-0.39, 0.29) is 35.9 Å². The summed E-state index contributed by atoms with van der Waals surface area (Å²) in [5, 5.41) is 2.94. The molecular weight excluding hydrogens is 456 g/mol. The topological polar surface area (TPSA) is 117 Å². The Balaban J connectivity index is 2.30. The number of ether oxygens (including phenoxy) is 3. The molecule has 0 bridgehead atoms. The minimum atomic E-state index is -1.89. The molecule has 3 rings (SSSR count). The van der Waals surface area contributed by atoms with E-state index < -0.39 is 23.3 Å². The van der Waals surface area contributed by atoms with E-state index in [9.17, 15) is 14.4 Å². The third kappa shape index (κ3) is 3.36. The number of carbonyl (C=O) groups excluding carboxylic acids is 3. The molecule has 9 heteroatoms. The average Bonchev–Trinajstić information content (AvgIpc) is 2.93. The maximum absolute atomic E-state index is 13.3. The highest BCUT2D eigenvalue weighted by Crippen LogP contribution is 2.53. The minimum Gasteiger partial charge on any atom is -0.462 e. The first-order valence-corrected chi connectivity index (χ1v) is 10.4. The van der Waals surface area contributed by atoms with Gasteiger partial charge < -0.3 is 25.3 Å². The molecule has 1 spiro atoms. The van der Waals surface area contributed by atoms with Crippen molar-refractivity contribution < 1.29 is 28.6 Å². The summed E-state index contributed by atoms with van der Waals surface area (Å²) < 4.78 is 16.6. The summed E-state index contributed by atoms with van der Waals surface area (Å²) in [4.78, 5) is 39.4. The molecule has 0 saturated carbocycles. The number of nitrogens with one attached hydrogen (secondary N) is 1. The van der Waals surface area contributed by atoms with Crippen LogP contribution >= 0.6 is 15.9 Å². The molecular formula is C21H23BrN2O6. The lowest BCUT2D eigenvalue weighted by Gasteiger charge is -2.36. The van der Waals surface area contributed by atoms with Crippen molar-refractivity contribution in [2.24, 2.45) is 5.73 Å². The average molecular weight is 479 g/mol. The van der Waals surface area contributed by atoms with Crippen LogP contribution in [0.2, 0.25) is 0 Å². The normalized spacial score (nSPS) is 20.1. The minimum absolute atomic E-state index is 0.0536. The summed E-state index contributed by atoms with van der Waals surface area (Å²) in [6, 6.07) is 5.09. The predicted molar refractivity (Wildman–Crippen MR) is 112 cm³/mol. The molecule has 0 radical (unpaired) electrons. The number of unbranched alkanes of at least 4 members (excludes halogenated alkanes) is 1. The molecule has 1 aromatic carbocycles.